The first kappa shape index (κ1) is 14.4. The molecule has 1 heterocycles. The summed E-state index contributed by atoms with van der Waals surface area (Å²) in [5, 5.41) is 9.80. The minimum atomic E-state index is -0.711. The van der Waals surface area contributed by atoms with Crippen molar-refractivity contribution < 1.29 is 19.0 Å². The van der Waals surface area contributed by atoms with Gasteiger partial charge in [0.15, 0.2) is 0 Å². The van der Waals surface area contributed by atoms with Gasteiger partial charge < -0.3 is 9.84 Å². The van der Waals surface area contributed by atoms with Gasteiger partial charge in [0.05, 0.1) is 17.5 Å². The summed E-state index contributed by atoms with van der Waals surface area (Å²) in [5.74, 6) is 0.564. The van der Waals surface area contributed by atoms with Crippen molar-refractivity contribution in [3.8, 4) is 5.75 Å². The van der Waals surface area contributed by atoms with Crippen LogP contribution >= 0.6 is 0 Å². The van der Waals surface area contributed by atoms with Crippen molar-refractivity contribution in [3.63, 3.8) is 0 Å². The minimum Gasteiger partial charge on any atom is -0.490 e. The van der Waals surface area contributed by atoms with Crippen LogP contribution in [-0.2, 0) is 4.79 Å². The Balaban J connectivity index is 1.48. The van der Waals surface area contributed by atoms with Crippen LogP contribution < -0.4 is 4.74 Å². The van der Waals surface area contributed by atoms with Gasteiger partial charge in [0, 0.05) is 11.6 Å². The monoisotopic (exact) mass is 315 g/mol. The third kappa shape index (κ3) is 2.44. The molecule has 2 aromatic rings. The van der Waals surface area contributed by atoms with Crippen molar-refractivity contribution in [2.45, 2.75) is 25.9 Å². The van der Waals surface area contributed by atoms with E-state index in [0.29, 0.717) is 34.4 Å². The standard InChI is InChI=1S/C18H18FNO3/c1-9(18(21)22)17-12-7-11(8-13(12)17)23-16-4-5-20-15-3-2-10(19)6-14(15)16/h2-6,9,11-13,17H,7-8H2,1H3,(H,21,22)/t9?,11?,12-,13+,17?. The summed E-state index contributed by atoms with van der Waals surface area (Å²) in [6.07, 6.45) is 3.51. The number of pyridine rings is 1. The van der Waals surface area contributed by atoms with Crippen LogP contribution in [0, 0.1) is 29.5 Å². The van der Waals surface area contributed by atoms with Gasteiger partial charge in [0.25, 0.3) is 0 Å². The van der Waals surface area contributed by atoms with Crippen LogP contribution in [0.5, 0.6) is 5.75 Å². The summed E-state index contributed by atoms with van der Waals surface area (Å²) in [5.41, 5.74) is 0.712. The van der Waals surface area contributed by atoms with Gasteiger partial charge in [-0.3, -0.25) is 9.78 Å². The highest BCUT2D eigenvalue weighted by atomic mass is 19.1. The van der Waals surface area contributed by atoms with Gasteiger partial charge in [-0.25, -0.2) is 4.39 Å². The number of carboxylic acid groups (broad SMARTS) is 1. The lowest BCUT2D eigenvalue weighted by atomic mass is 9.98. The Kier molecular flexibility index (Phi) is 3.25. The lowest BCUT2D eigenvalue weighted by Gasteiger charge is -2.19. The average Bonchev–Trinajstić information content (AvgIpc) is 3.02. The number of aromatic nitrogens is 1. The second-order valence-electron chi connectivity index (χ2n) is 6.71. The SMILES string of the molecule is CC(C(=O)O)C1[C@H]2CC(Oc3ccnc4ccc(F)cc34)C[C@@H]12. The van der Waals surface area contributed by atoms with E-state index in [9.17, 15) is 9.18 Å². The summed E-state index contributed by atoms with van der Waals surface area (Å²) >= 11 is 0. The first-order chi connectivity index (χ1) is 11.0. The Bertz CT molecular complexity index is 766. The minimum absolute atomic E-state index is 0.0797. The first-order valence-electron chi connectivity index (χ1n) is 7.98. The molecule has 4 rings (SSSR count). The Morgan fingerprint density at radius 2 is 2.09 bits per heavy atom. The number of hydrogen-bond donors (Lipinski definition) is 1. The molecule has 1 N–H and O–H groups in total. The van der Waals surface area contributed by atoms with Crippen molar-refractivity contribution in [1.82, 2.24) is 4.98 Å². The van der Waals surface area contributed by atoms with Crippen molar-refractivity contribution in [3.05, 3.63) is 36.3 Å². The Hall–Kier alpha value is -2.17. The van der Waals surface area contributed by atoms with Crippen LogP contribution in [0.2, 0.25) is 0 Å². The molecule has 3 unspecified atom stereocenters. The molecule has 4 nitrogen and oxygen atoms in total. The van der Waals surface area contributed by atoms with Gasteiger partial charge >= 0.3 is 5.97 Å². The molecule has 2 fully saturated rings. The molecule has 0 radical (unpaired) electrons. The average molecular weight is 315 g/mol. The van der Waals surface area contributed by atoms with Crippen LogP contribution in [0.1, 0.15) is 19.8 Å². The maximum atomic E-state index is 13.5. The van der Waals surface area contributed by atoms with Gasteiger partial charge in [-0.2, -0.15) is 0 Å². The second kappa shape index (κ2) is 5.18. The number of aliphatic carboxylic acids is 1. The van der Waals surface area contributed by atoms with E-state index in [0.717, 1.165) is 12.8 Å². The molecule has 0 saturated heterocycles. The number of fused-ring (bicyclic) bond motifs is 2. The third-order valence-corrected chi connectivity index (χ3v) is 5.39. The lowest BCUT2D eigenvalue weighted by Crippen LogP contribution is -2.20. The Morgan fingerprint density at radius 3 is 2.78 bits per heavy atom. The van der Waals surface area contributed by atoms with Crippen molar-refractivity contribution in [2.24, 2.45) is 23.7 Å². The first-order valence-corrected chi connectivity index (χ1v) is 7.98. The summed E-state index contributed by atoms with van der Waals surface area (Å²) in [6.45, 7) is 1.79. The van der Waals surface area contributed by atoms with Crippen molar-refractivity contribution in [2.75, 3.05) is 0 Å². The molecule has 23 heavy (non-hydrogen) atoms. The number of rotatable bonds is 4. The van der Waals surface area contributed by atoms with Crippen LogP contribution in [-0.4, -0.2) is 22.2 Å². The highest BCUT2D eigenvalue weighted by Crippen LogP contribution is 2.61. The predicted molar refractivity (Wildman–Crippen MR) is 82.6 cm³/mol. The lowest BCUT2D eigenvalue weighted by molar-refractivity contribution is -0.142. The second-order valence-corrected chi connectivity index (χ2v) is 6.71. The number of carboxylic acids is 1. The van der Waals surface area contributed by atoms with Crippen LogP contribution in [0.15, 0.2) is 30.5 Å². The number of carbonyl (C=O) groups is 1. The molecule has 0 spiro atoms. The van der Waals surface area contributed by atoms with Gasteiger partial charge in [-0.1, -0.05) is 6.92 Å². The molecule has 1 aromatic heterocycles. The fourth-order valence-electron chi connectivity index (χ4n) is 4.22. The smallest absolute Gasteiger partial charge is 0.306 e. The summed E-state index contributed by atoms with van der Waals surface area (Å²) in [6, 6.07) is 6.25. The number of halogens is 1. The number of hydrogen-bond acceptors (Lipinski definition) is 3. The van der Waals surface area contributed by atoms with E-state index < -0.39 is 5.97 Å². The van der Waals surface area contributed by atoms with E-state index in [1.165, 1.54) is 12.1 Å². The summed E-state index contributed by atoms with van der Waals surface area (Å²) in [4.78, 5) is 15.3. The van der Waals surface area contributed by atoms with E-state index in [1.54, 1.807) is 25.3 Å². The number of nitrogens with zero attached hydrogens (tertiary/aromatic N) is 1. The highest BCUT2D eigenvalue weighted by Gasteiger charge is 2.59. The van der Waals surface area contributed by atoms with E-state index in [2.05, 4.69) is 4.98 Å². The maximum Gasteiger partial charge on any atom is 0.306 e. The fourth-order valence-corrected chi connectivity index (χ4v) is 4.22. The molecular formula is C18H18FNO3. The molecular weight excluding hydrogens is 297 g/mol. The highest BCUT2D eigenvalue weighted by molar-refractivity contribution is 5.84. The number of benzene rings is 1. The van der Waals surface area contributed by atoms with Crippen LogP contribution in [0.25, 0.3) is 10.9 Å². The topological polar surface area (TPSA) is 59.4 Å². The van der Waals surface area contributed by atoms with Gasteiger partial charge in [-0.05, 0) is 54.9 Å². The zero-order valence-electron chi connectivity index (χ0n) is 12.8. The molecule has 2 aliphatic carbocycles. The molecule has 5 atom stereocenters. The fraction of sp³-hybridized carbons (Fsp3) is 0.444. The zero-order valence-corrected chi connectivity index (χ0v) is 12.8. The van der Waals surface area contributed by atoms with E-state index in [1.807, 2.05) is 0 Å². The zero-order chi connectivity index (χ0) is 16.1. The molecule has 1 aromatic carbocycles. The molecule has 2 saturated carbocycles. The van der Waals surface area contributed by atoms with Crippen LogP contribution in [0.3, 0.4) is 0 Å². The molecule has 0 amide bonds. The van der Waals surface area contributed by atoms with E-state index in [-0.39, 0.29) is 17.8 Å². The molecule has 120 valence electrons. The van der Waals surface area contributed by atoms with Crippen LogP contribution in [0.4, 0.5) is 4.39 Å². The molecule has 0 bridgehead atoms. The van der Waals surface area contributed by atoms with Gasteiger partial charge in [0.1, 0.15) is 11.6 Å². The van der Waals surface area contributed by atoms with Gasteiger partial charge in [-0.15, -0.1) is 0 Å². The summed E-state index contributed by atoms with van der Waals surface area (Å²) in [7, 11) is 0. The molecule has 5 heteroatoms. The number of ether oxygens (including phenoxy) is 1. The van der Waals surface area contributed by atoms with E-state index >= 15 is 0 Å². The largest absolute Gasteiger partial charge is 0.490 e. The third-order valence-electron chi connectivity index (χ3n) is 5.39. The van der Waals surface area contributed by atoms with E-state index in [4.69, 9.17) is 9.84 Å². The normalized spacial score (nSPS) is 30.0. The predicted octanol–water partition coefficient (Wildman–Crippen LogP) is 3.50. The quantitative estimate of drug-likeness (QED) is 0.938. The van der Waals surface area contributed by atoms with Crippen molar-refractivity contribution in [1.29, 1.82) is 0 Å². The summed E-state index contributed by atoms with van der Waals surface area (Å²) < 4.78 is 19.6. The Morgan fingerprint density at radius 1 is 1.35 bits per heavy atom. The van der Waals surface area contributed by atoms with Gasteiger partial charge in [0.2, 0.25) is 0 Å². The van der Waals surface area contributed by atoms with Crippen molar-refractivity contribution >= 4 is 16.9 Å². The maximum absolute atomic E-state index is 13.5. The molecule has 2 aliphatic rings. The Labute approximate surface area is 133 Å². The molecule has 0 aliphatic heterocycles.